The molecule has 1 aromatic rings. The van der Waals surface area contributed by atoms with E-state index in [2.05, 4.69) is 43.7 Å². The highest BCUT2D eigenvalue weighted by Gasteiger charge is 2.23. The smallest absolute Gasteiger partial charge is 0.115 e. The van der Waals surface area contributed by atoms with Gasteiger partial charge in [-0.3, -0.25) is 0 Å². The Kier molecular flexibility index (Phi) is 4.00. The van der Waals surface area contributed by atoms with E-state index in [1.165, 1.54) is 5.69 Å². The van der Waals surface area contributed by atoms with Gasteiger partial charge in [0.25, 0.3) is 0 Å². The zero-order valence-corrected chi connectivity index (χ0v) is 11.9. The molecule has 100 valence electrons. The molecule has 0 saturated carbocycles. The number of hydrogen-bond donors (Lipinski definition) is 0. The third-order valence-corrected chi connectivity index (χ3v) is 3.78. The number of nitrogens with zero attached hydrogens (tertiary/aromatic N) is 2. The number of hydrogen-bond acceptors (Lipinski definition) is 3. The van der Waals surface area contributed by atoms with Gasteiger partial charge in [-0.1, -0.05) is 27.7 Å². The fraction of sp³-hybridized carbons (Fsp3) is 0.733. The summed E-state index contributed by atoms with van der Waals surface area (Å²) in [6.45, 7) is 10.6. The van der Waals surface area contributed by atoms with Crippen LogP contribution in [0, 0.1) is 11.8 Å². The average Bonchev–Trinajstić information content (AvgIpc) is 2.31. The minimum absolute atomic E-state index is 0.0962. The summed E-state index contributed by atoms with van der Waals surface area (Å²) in [5.41, 5.74) is 2.40. The SMILES string of the molecule is C[C@H]1COCCC1Cc1cc(C(C)(C)C)ncn1. The minimum Gasteiger partial charge on any atom is -0.381 e. The molecule has 0 aliphatic carbocycles. The summed E-state index contributed by atoms with van der Waals surface area (Å²) in [4.78, 5) is 8.82. The molecule has 1 aromatic heterocycles. The molecule has 1 fully saturated rings. The van der Waals surface area contributed by atoms with Gasteiger partial charge in [-0.05, 0) is 30.7 Å². The van der Waals surface area contributed by atoms with Crippen molar-refractivity contribution >= 4 is 0 Å². The Hall–Kier alpha value is -0.960. The predicted molar refractivity (Wildman–Crippen MR) is 72.5 cm³/mol. The van der Waals surface area contributed by atoms with E-state index in [4.69, 9.17) is 4.74 Å². The van der Waals surface area contributed by atoms with Gasteiger partial charge in [-0.15, -0.1) is 0 Å². The second-order valence-electron chi connectivity index (χ2n) is 6.45. The van der Waals surface area contributed by atoms with Crippen molar-refractivity contribution in [1.29, 1.82) is 0 Å². The summed E-state index contributed by atoms with van der Waals surface area (Å²) < 4.78 is 5.49. The van der Waals surface area contributed by atoms with Crippen molar-refractivity contribution in [2.24, 2.45) is 11.8 Å². The van der Waals surface area contributed by atoms with Crippen LogP contribution in [0.5, 0.6) is 0 Å². The van der Waals surface area contributed by atoms with Crippen LogP contribution in [0.25, 0.3) is 0 Å². The molecule has 0 bridgehead atoms. The fourth-order valence-corrected chi connectivity index (χ4v) is 2.42. The second-order valence-corrected chi connectivity index (χ2v) is 6.45. The molecule has 0 amide bonds. The van der Waals surface area contributed by atoms with Gasteiger partial charge in [0.15, 0.2) is 0 Å². The Morgan fingerprint density at radius 2 is 2.11 bits per heavy atom. The topological polar surface area (TPSA) is 35.0 Å². The molecule has 18 heavy (non-hydrogen) atoms. The van der Waals surface area contributed by atoms with E-state index in [9.17, 15) is 0 Å². The summed E-state index contributed by atoms with van der Waals surface area (Å²) in [6, 6.07) is 2.17. The average molecular weight is 248 g/mol. The van der Waals surface area contributed by atoms with E-state index in [1.54, 1.807) is 6.33 Å². The lowest BCUT2D eigenvalue weighted by Crippen LogP contribution is -2.27. The van der Waals surface area contributed by atoms with Crippen molar-refractivity contribution in [1.82, 2.24) is 9.97 Å². The van der Waals surface area contributed by atoms with Crippen LogP contribution in [0.15, 0.2) is 12.4 Å². The molecule has 0 aromatic carbocycles. The van der Waals surface area contributed by atoms with E-state index >= 15 is 0 Å². The minimum atomic E-state index is 0.0962. The first kappa shape index (κ1) is 13.5. The highest BCUT2D eigenvalue weighted by Crippen LogP contribution is 2.26. The first-order chi connectivity index (χ1) is 8.47. The molecule has 1 unspecified atom stereocenters. The van der Waals surface area contributed by atoms with Crippen molar-refractivity contribution in [3.63, 3.8) is 0 Å². The molecule has 0 radical (unpaired) electrons. The van der Waals surface area contributed by atoms with Gasteiger partial charge in [0.05, 0.1) is 0 Å². The summed E-state index contributed by atoms with van der Waals surface area (Å²) in [5.74, 6) is 1.33. The van der Waals surface area contributed by atoms with Gasteiger partial charge in [0.1, 0.15) is 6.33 Å². The van der Waals surface area contributed by atoms with Gasteiger partial charge in [0.2, 0.25) is 0 Å². The normalized spacial score (nSPS) is 25.1. The number of aromatic nitrogens is 2. The van der Waals surface area contributed by atoms with Crippen LogP contribution >= 0.6 is 0 Å². The first-order valence-corrected chi connectivity index (χ1v) is 6.86. The molecule has 0 N–H and O–H groups in total. The molecule has 2 rings (SSSR count). The molecule has 2 heterocycles. The number of rotatable bonds is 2. The first-order valence-electron chi connectivity index (χ1n) is 6.86. The lowest BCUT2D eigenvalue weighted by molar-refractivity contribution is 0.0242. The van der Waals surface area contributed by atoms with Crippen LogP contribution in [0.3, 0.4) is 0 Å². The molecule has 1 aliphatic heterocycles. The van der Waals surface area contributed by atoms with E-state index in [0.29, 0.717) is 11.8 Å². The quantitative estimate of drug-likeness (QED) is 0.807. The maximum Gasteiger partial charge on any atom is 0.115 e. The molecular weight excluding hydrogens is 224 g/mol. The van der Waals surface area contributed by atoms with Gasteiger partial charge in [0, 0.05) is 30.0 Å². The lowest BCUT2D eigenvalue weighted by Gasteiger charge is -2.28. The largest absolute Gasteiger partial charge is 0.381 e. The van der Waals surface area contributed by atoms with E-state index < -0.39 is 0 Å². The fourth-order valence-electron chi connectivity index (χ4n) is 2.42. The monoisotopic (exact) mass is 248 g/mol. The molecule has 0 spiro atoms. The lowest BCUT2D eigenvalue weighted by atomic mass is 9.85. The highest BCUT2D eigenvalue weighted by atomic mass is 16.5. The Labute approximate surface area is 110 Å². The van der Waals surface area contributed by atoms with Crippen molar-refractivity contribution in [2.45, 2.75) is 46.0 Å². The van der Waals surface area contributed by atoms with Crippen LogP contribution in [0.4, 0.5) is 0 Å². The maximum atomic E-state index is 5.49. The van der Waals surface area contributed by atoms with E-state index in [-0.39, 0.29) is 5.41 Å². The number of ether oxygens (including phenoxy) is 1. The summed E-state index contributed by atoms with van der Waals surface area (Å²) in [5, 5.41) is 0. The molecule has 1 aliphatic rings. The molecule has 3 heteroatoms. The third-order valence-electron chi connectivity index (χ3n) is 3.78. The Morgan fingerprint density at radius 3 is 2.78 bits per heavy atom. The van der Waals surface area contributed by atoms with Crippen LogP contribution in [0.2, 0.25) is 0 Å². The molecule has 1 saturated heterocycles. The van der Waals surface area contributed by atoms with Crippen LogP contribution < -0.4 is 0 Å². The molecule has 3 nitrogen and oxygen atoms in total. The maximum absolute atomic E-state index is 5.49. The van der Waals surface area contributed by atoms with Gasteiger partial charge >= 0.3 is 0 Å². The van der Waals surface area contributed by atoms with Crippen molar-refractivity contribution in [2.75, 3.05) is 13.2 Å². The van der Waals surface area contributed by atoms with Gasteiger partial charge < -0.3 is 4.74 Å². The summed E-state index contributed by atoms with van der Waals surface area (Å²) in [7, 11) is 0. The van der Waals surface area contributed by atoms with Gasteiger partial charge in [-0.25, -0.2) is 9.97 Å². The molecule has 2 atom stereocenters. The van der Waals surface area contributed by atoms with Crippen LogP contribution in [0.1, 0.15) is 45.5 Å². The zero-order valence-electron chi connectivity index (χ0n) is 11.9. The Balaban J connectivity index is 2.09. The highest BCUT2D eigenvalue weighted by molar-refractivity contribution is 5.16. The summed E-state index contributed by atoms with van der Waals surface area (Å²) >= 11 is 0. The van der Waals surface area contributed by atoms with E-state index in [0.717, 1.165) is 31.7 Å². The van der Waals surface area contributed by atoms with Crippen LogP contribution in [-0.4, -0.2) is 23.2 Å². The van der Waals surface area contributed by atoms with Crippen LogP contribution in [-0.2, 0) is 16.6 Å². The Bertz CT molecular complexity index is 398. The Morgan fingerprint density at radius 1 is 1.33 bits per heavy atom. The predicted octanol–water partition coefficient (Wildman–Crippen LogP) is 2.99. The van der Waals surface area contributed by atoms with E-state index in [1.807, 2.05) is 0 Å². The van der Waals surface area contributed by atoms with Crippen molar-refractivity contribution < 1.29 is 4.74 Å². The van der Waals surface area contributed by atoms with Crippen molar-refractivity contribution in [3.05, 3.63) is 23.8 Å². The summed E-state index contributed by atoms with van der Waals surface area (Å²) in [6.07, 6.45) is 3.91. The second kappa shape index (κ2) is 5.35. The van der Waals surface area contributed by atoms with Crippen molar-refractivity contribution in [3.8, 4) is 0 Å². The zero-order chi connectivity index (χ0) is 13.2. The van der Waals surface area contributed by atoms with Gasteiger partial charge in [-0.2, -0.15) is 0 Å². The molecular formula is C15H24N2O. The third kappa shape index (κ3) is 3.29. The standard InChI is InChI=1S/C15H24N2O/c1-11-9-18-6-5-12(11)7-13-8-14(15(2,3)4)17-10-16-13/h8,10-12H,5-7,9H2,1-4H3/t11-,12?/m0/s1.